The molecule has 1 N–H and O–H groups in total. The van der Waals surface area contributed by atoms with E-state index < -0.39 is 0 Å². The number of rotatable bonds is 4. The summed E-state index contributed by atoms with van der Waals surface area (Å²) in [6.45, 7) is 3.90. The first-order valence-electron chi connectivity index (χ1n) is 6.52. The Morgan fingerprint density at radius 2 is 2.06 bits per heavy atom. The topological polar surface area (TPSA) is 35.8 Å². The number of halogens is 1. The van der Waals surface area contributed by atoms with Crippen molar-refractivity contribution in [2.24, 2.45) is 5.41 Å². The SMILES string of the molecule is CC1(CNCc2cc(F)cc(C#N)c2)CCCC1. The van der Waals surface area contributed by atoms with Gasteiger partial charge >= 0.3 is 0 Å². The fraction of sp³-hybridized carbons (Fsp3) is 0.533. The smallest absolute Gasteiger partial charge is 0.124 e. The number of nitriles is 1. The molecule has 0 unspecified atom stereocenters. The first-order chi connectivity index (χ1) is 8.61. The summed E-state index contributed by atoms with van der Waals surface area (Å²) in [7, 11) is 0. The highest BCUT2D eigenvalue weighted by molar-refractivity contribution is 5.33. The van der Waals surface area contributed by atoms with Crippen molar-refractivity contribution in [3.05, 3.63) is 35.1 Å². The quantitative estimate of drug-likeness (QED) is 0.884. The Hall–Kier alpha value is -1.40. The van der Waals surface area contributed by atoms with Gasteiger partial charge < -0.3 is 5.32 Å². The summed E-state index contributed by atoms with van der Waals surface area (Å²) in [5.74, 6) is -0.335. The van der Waals surface area contributed by atoms with E-state index in [1.165, 1.54) is 37.8 Å². The number of nitrogens with one attached hydrogen (secondary N) is 1. The lowest BCUT2D eigenvalue weighted by molar-refractivity contribution is 0.314. The second-order valence-electron chi connectivity index (χ2n) is 5.58. The zero-order valence-corrected chi connectivity index (χ0v) is 10.8. The minimum atomic E-state index is -0.335. The van der Waals surface area contributed by atoms with Crippen LogP contribution in [0.5, 0.6) is 0 Å². The second-order valence-corrected chi connectivity index (χ2v) is 5.58. The average Bonchev–Trinajstić information content (AvgIpc) is 2.75. The lowest BCUT2D eigenvalue weighted by Crippen LogP contribution is -2.29. The molecule has 1 saturated carbocycles. The minimum absolute atomic E-state index is 0.335. The first kappa shape index (κ1) is 13.0. The van der Waals surface area contributed by atoms with E-state index in [0.29, 0.717) is 17.5 Å². The lowest BCUT2D eigenvalue weighted by Gasteiger charge is -2.23. The van der Waals surface area contributed by atoms with Crippen molar-refractivity contribution in [3.63, 3.8) is 0 Å². The Kier molecular flexibility index (Phi) is 3.98. The van der Waals surface area contributed by atoms with Crippen molar-refractivity contribution in [1.29, 1.82) is 5.26 Å². The molecule has 0 heterocycles. The number of benzene rings is 1. The van der Waals surface area contributed by atoms with E-state index in [-0.39, 0.29) is 5.82 Å². The molecular weight excluding hydrogens is 227 g/mol. The van der Waals surface area contributed by atoms with Gasteiger partial charge in [-0.05, 0) is 42.0 Å². The normalized spacial score (nSPS) is 17.6. The van der Waals surface area contributed by atoms with Gasteiger partial charge in [0.15, 0.2) is 0 Å². The van der Waals surface area contributed by atoms with Crippen LogP contribution < -0.4 is 5.32 Å². The van der Waals surface area contributed by atoms with Crippen LogP contribution in [0.2, 0.25) is 0 Å². The molecule has 0 amide bonds. The van der Waals surface area contributed by atoms with Crippen LogP contribution in [0.4, 0.5) is 4.39 Å². The maximum absolute atomic E-state index is 13.2. The predicted octanol–water partition coefficient (Wildman–Crippen LogP) is 3.37. The van der Waals surface area contributed by atoms with Crippen molar-refractivity contribution in [3.8, 4) is 6.07 Å². The largest absolute Gasteiger partial charge is 0.312 e. The molecule has 0 atom stereocenters. The Bertz CT molecular complexity index is 456. The van der Waals surface area contributed by atoms with E-state index in [1.807, 2.05) is 6.07 Å². The summed E-state index contributed by atoms with van der Waals surface area (Å²) in [5.41, 5.74) is 1.62. The average molecular weight is 246 g/mol. The molecule has 0 aliphatic heterocycles. The molecule has 1 aliphatic carbocycles. The molecule has 0 bridgehead atoms. The lowest BCUT2D eigenvalue weighted by atomic mass is 9.89. The Labute approximate surface area is 108 Å². The molecule has 3 heteroatoms. The summed E-state index contributed by atoms with van der Waals surface area (Å²) in [5, 5.41) is 12.2. The predicted molar refractivity (Wildman–Crippen MR) is 69.4 cm³/mol. The monoisotopic (exact) mass is 246 g/mol. The molecule has 1 aromatic carbocycles. The van der Waals surface area contributed by atoms with Crippen LogP contribution in [-0.2, 0) is 6.54 Å². The zero-order chi connectivity index (χ0) is 13.0. The summed E-state index contributed by atoms with van der Waals surface area (Å²) >= 11 is 0. The molecule has 96 valence electrons. The molecule has 2 nitrogen and oxygen atoms in total. The molecule has 1 aromatic rings. The summed E-state index contributed by atoms with van der Waals surface area (Å²) in [6, 6.07) is 6.48. The Balaban J connectivity index is 1.90. The van der Waals surface area contributed by atoms with E-state index in [4.69, 9.17) is 5.26 Å². The molecule has 0 spiro atoms. The van der Waals surface area contributed by atoms with E-state index in [0.717, 1.165) is 12.1 Å². The highest BCUT2D eigenvalue weighted by Gasteiger charge is 2.27. The van der Waals surface area contributed by atoms with Gasteiger partial charge in [-0.2, -0.15) is 5.26 Å². The van der Waals surface area contributed by atoms with Crippen LogP contribution in [0, 0.1) is 22.6 Å². The molecule has 0 radical (unpaired) electrons. The third-order valence-corrected chi connectivity index (χ3v) is 3.78. The van der Waals surface area contributed by atoms with E-state index in [1.54, 1.807) is 6.07 Å². The number of nitrogens with zero attached hydrogens (tertiary/aromatic N) is 1. The Morgan fingerprint density at radius 1 is 1.33 bits per heavy atom. The van der Waals surface area contributed by atoms with Crippen molar-refractivity contribution >= 4 is 0 Å². The van der Waals surface area contributed by atoms with Gasteiger partial charge in [-0.25, -0.2) is 4.39 Å². The molecule has 18 heavy (non-hydrogen) atoms. The van der Waals surface area contributed by atoms with Gasteiger partial charge in [0.25, 0.3) is 0 Å². The van der Waals surface area contributed by atoms with Crippen molar-refractivity contribution in [2.45, 2.75) is 39.2 Å². The third kappa shape index (κ3) is 3.30. The fourth-order valence-electron chi connectivity index (χ4n) is 2.73. The summed E-state index contributed by atoms with van der Waals surface area (Å²) in [4.78, 5) is 0. The fourth-order valence-corrected chi connectivity index (χ4v) is 2.73. The molecule has 2 rings (SSSR count). The van der Waals surface area contributed by atoms with Crippen molar-refractivity contribution in [1.82, 2.24) is 5.32 Å². The van der Waals surface area contributed by atoms with E-state index in [9.17, 15) is 4.39 Å². The number of hydrogen-bond acceptors (Lipinski definition) is 2. The van der Waals surface area contributed by atoms with Crippen LogP contribution in [0.3, 0.4) is 0 Å². The van der Waals surface area contributed by atoms with E-state index in [2.05, 4.69) is 12.2 Å². The van der Waals surface area contributed by atoms with Gasteiger partial charge in [0.05, 0.1) is 11.6 Å². The van der Waals surface area contributed by atoms with Crippen LogP contribution in [0.25, 0.3) is 0 Å². The third-order valence-electron chi connectivity index (χ3n) is 3.78. The van der Waals surface area contributed by atoms with Crippen LogP contribution in [-0.4, -0.2) is 6.54 Å². The molecular formula is C15H19FN2. The van der Waals surface area contributed by atoms with Gasteiger partial charge in [-0.15, -0.1) is 0 Å². The molecule has 0 aromatic heterocycles. The van der Waals surface area contributed by atoms with Gasteiger partial charge in [-0.1, -0.05) is 19.8 Å². The number of hydrogen-bond donors (Lipinski definition) is 1. The maximum atomic E-state index is 13.2. The standard InChI is InChI=1S/C15H19FN2/c1-15(4-2-3-5-15)11-18-10-13-6-12(9-17)7-14(16)8-13/h6-8,18H,2-5,10-11H2,1H3. The van der Waals surface area contributed by atoms with Gasteiger partial charge in [0.2, 0.25) is 0 Å². The summed E-state index contributed by atoms with van der Waals surface area (Å²) in [6.07, 6.45) is 5.17. The van der Waals surface area contributed by atoms with Crippen molar-refractivity contribution < 1.29 is 4.39 Å². The first-order valence-corrected chi connectivity index (χ1v) is 6.52. The van der Waals surface area contributed by atoms with Gasteiger partial charge in [0, 0.05) is 13.1 Å². The Morgan fingerprint density at radius 3 is 2.72 bits per heavy atom. The minimum Gasteiger partial charge on any atom is -0.312 e. The highest BCUT2D eigenvalue weighted by atomic mass is 19.1. The molecule has 0 saturated heterocycles. The van der Waals surface area contributed by atoms with Gasteiger partial charge in [0.1, 0.15) is 5.82 Å². The second kappa shape index (κ2) is 5.49. The van der Waals surface area contributed by atoms with E-state index >= 15 is 0 Å². The zero-order valence-electron chi connectivity index (χ0n) is 10.8. The molecule has 1 aliphatic rings. The van der Waals surface area contributed by atoms with Crippen molar-refractivity contribution in [2.75, 3.05) is 6.54 Å². The van der Waals surface area contributed by atoms with Crippen LogP contribution in [0.1, 0.15) is 43.7 Å². The molecule has 1 fully saturated rings. The highest BCUT2D eigenvalue weighted by Crippen LogP contribution is 2.36. The maximum Gasteiger partial charge on any atom is 0.124 e. The summed E-state index contributed by atoms with van der Waals surface area (Å²) < 4.78 is 13.2. The van der Waals surface area contributed by atoms with Crippen LogP contribution >= 0.6 is 0 Å². The van der Waals surface area contributed by atoms with Gasteiger partial charge in [-0.3, -0.25) is 0 Å². The van der Waals surface area contributed by atoms with Crippen LogP contribution in [0.15, 0.2) is 18.2 Å².